The van der Waals surface area contributed by atoms with Gasteiger partial charge < -0.3 is 31.8 Å². The number of H-pyrrole nitrogens is 1. The summed E-state index contributed by atoms with van der Waals surface area (Å²) in [6.07, 6.45) is 3.20. The standard InChI is InChI=1S/C20H34N6O5/c1-10(2)6-14(24-19(29)16(11(3)4)26-17(27)12(5)21)18(28)25-15(20(30)31)7-13-8-22-9-23-13/h8-12,14-16H,6-7,21H2,1-5H3,(H,22,23)(H,24,29)(H,25,28)(H,26,27)(H,30,31). The fraction of sp³-hybridized carbons (Fsp3) is 0.650. The number of hydrogen-bond donors (Lipinski definition) is 6. The predicted molar refractivity (Wildman–Crippen MR) is 114 cm³/mol. The lowest BCUT2D eigenvalue weighted by Crippen LogP contribution is -2.58. The molecule has 4 atom stereocenters. The van der Waals surface area contributed by atoms with Crippen LogP contribution in [0.2, 0.25) is 0 Å². The van der Waals surface area contributed by atoms with E-state index in [0.717, 1.165) is 0 Å². The molecular formula is C20H34N6O5. The first-order valence-electron chi connectivity index (χ1n) is 10.3. The van der Waals surface area contributed by atoms with Crippen molar-refractivity contribution in [2.24, 2.45) is 17.6 Å². The highest BCUT2D eigenvalue weighted by Gasteiger charge is 2.31. The van der Waals surface area contributed by atoms with Crippen LogP contribution in [-0.2, 0) is 25.6 Å². The summed E-state index contributed by atoms with van der Waals surface area (Å²) in [5.41, 5.74) is 6.12. The van der Waals surface area contributed by atoms with Gasteiger partial charge in [-0.3, -0.25) is 14.4 Å². The van der Waals surface area contributed by atoms with Crippen molar-refractivity contribution in [3.63, 3.8) is 0 Å². The molecule has 0 aromatic carbocycles. The minimum Gasteiger partial charge on any atom is -0.480 e. The smallest absolute Gasteiger partial charge is 0.326 e. The molecule has 1 rings (SSSR count). The first kappa shape index (κ1) is 26.1. The molecule has 0 aliphatic carbocycles. The normalized spacial score (nSPS) is 15.1. The van der Waals surface area contributed by atoms with Crippen LogP contribution in [0.1, 0.15) is 46.7 Å². The number of carboxylic acids is 1. The molecule has 0 saturated carbocycles. The van der Waals surface area contributed by atoms with Gasteiger partial charge in [-0.2, -0.15) is 0 Å². The Hall–Kier alpha value is -2.95. The second-order valence-electron chi connectivity index (χ2n) is 8.39. The van der Waals surface area contributed by atoms with Gasteiger partial charge in [0.05, 0.1) is 12.4 Å². The van der Waals surface area contributed by atoms with E-state index in [1.54, 1.807) is 13.8 Å². The summed E-state index contributed by atoms with van der Waals surface area (Å²) in [5.74, 6) is -3.05. The molecule has 3 amide bonds. The van der Waals surface area contributed by atoms with Crippen molar-refractivity contribution in [2.75, 3.05) is 0 Å². The molecular weight excluding hydrogens is 404 g/mol. The fourth-order valence-corrected chi connectivity index (χ4v) is 2.87. The van der Waals surface area contributed by atoms with E-state index in [0.29, 0.717) is 12.1 Å². The Labute approximate surface area is 181 Å². The van der Waals surface area contributed by atoms with Crippen molar-refractivity contribution in [1.29, 1.82) is 0 Å². The Bertz CT molecular complexity index is 747. The summed E-state index contributed by atoms with van der Waals surface area (Å²) < 4.78 is 0. The van der Waals surface area contributed by atoms with Gasteiger partial charge in [-0.05, 0) is 25.2 Å². The third-order valence-electron chi connectivity index (χ3n) is 4.59. The third-order valence-corrected chi connectivity index (χ3v) is 4.59. The van der Waals surface area contributed by atoms with Crippen LogP contribution < -0.4 is 21.7 Å². The van der Waals surface area contributed by atoms with Crippen molar-refractivity contribution in [2.45, 2.75) is 71.6 Å². The van der Waals surface area contributed by atoms with Crippen LogP contribution in [0.25, 0.3) is 0 Å². The number of amides is 3. The number of nitrogens with one attached hydrogen (secondary N) is 4. The summed E-state index contributed by atoms with van der Waals surface area (Å²) in [7, 11) is 0. The predicted octanol–water partition coefficient (Wildman–Crippen LogP) is -0.459. The molecule has 0 aliphatic heterocycles. The lowest BCUT2D eigenvalue weighted by atomic mass is 9.99. The molecule has 174 valence electrons. The minimum atomic E-state index is -1.21. The van der Waals surface area contributed by atoms with E-state index in [4.69, 9.17) is 5.73 Å². The second-order valence-corrected chi connectivity index (χ2v) is 8.39. The molecule has 7 N–H and O–H groups in total. The van der Waals surface area contributed by atoms with Gasteiger partial charge in [0, 0.05) is 18.3 Å². The zero-order chi connectivity index (χ0) is 23.7. The lowest BCUT2D eigenvalue weighted by Gasteiger charge is -2.27. The Morgan fingerprint density at radius 1 is 1.00 bits per heavy atom. The van der Waals surface area contributed by atoms with E-state index >= 15 is 0 Å². The number of aromatic amines is 1. The van der Waals surface area contributed by atoms with Crippen LogP contribution in [0.4, 0.5) is 0 Å². The van der Waals surface area contributed by atoms with Crippen LogP contribution in [-0.4, -0.2) is 62.9 Å². The van der Waals surface area contributed by atoms with Crippen molar-refractivity contribution in [1.82, 2.24) is 25.9 Å². The van der Waals surface area contributed by atoms with E-state index in [1.807, 2.05) is 13.8 Å². The zero-order valence-electron chi connectivity index (χ0n) is 18.6. The van der Waals surface area contributed by atoms with Gasteiger partial charge in [-0.1, -0.05) is 27.7 Å². The van der Waals surface area contributed by atoms with E-state index in [9.17, 15) is 24.3 Å². The third kappa shape index (κ3) is 8.75. The molecule has 0 radical (unpaired) electrons. The molecule has 0 saturated heterocycles. The molecule has 1 aromatic rings. The number of carbonyl (C=O) groups is 4. The number of aromatic nitrogens is 2. The molecule has 0 spiro atoms. The SMILES string of the molecule is CC(C)CC(NC(=O)C(NC(=O)C(C)N)C(C)C)C(=O)NC(Cc1cnc[nH]1)C(=O)O. The lowest BCUT2D eigenvalue weighted by molar-refractivity contribution is -0.142. The number of nitrogens with two attached hydrogens (primary N) is 1. The topological polar surface area (TPSA) is 179 Å². The number of carbonyl (C=O) groups excluding carboxylic acids is 3. The van der Waals surface area contributed by atoms with Crippen molar-refractivity contribution >= 4 is 23.7 Å². The maximum absolute atomic E-state index is 12.9. The van der Waals surface area contributed by atoms with E-state index < -0.39 is 47.9 Å². The summed E-state index contributed by atoms with van der Waals surface area (Å²) in [4.78, 5) is 55.9. The maximum Gasteiger partial charge on any atom is 0.326 e. The Balaban J connectivity index is 2.94. The minimum absolute atomic E-state index is 0.0164. The zero-order valence-corrected chi connectivity index (χ0v) is 18.6. The van der Waals surface area contributed by atoms with Crippen molar-refractivity contribution < 1.29 is 24.3 Å². The number of imidazole rings is 1. The fourth-order valence-electron chi connectivity index (χ4n) is 2.87. The van der Waals surface area contributed by atoms with Gasteiger partial charge in [0.25, 0.3) is 0 Å². The van der Waals surface area contributed by atoms with Gasteiger partial charge in [-0.15, -0.1) is 0 Å². The number of rotatable bonds is 12. The molecule has 1 aromatic heterocycles. The summed E-state index contributed by atoms with van der Waals surface area (Å²) in [6.45, 7) is 8.78. The van der Waals surface area contributed by atoms with E-state index in [1.165, 1.54) is 19.4 Å². The van der Waals surface area contributed by atoms with E-state index in [2.05, 4.69) is 25.9 Å². The van der Waals surface area contributed by atoms with Crippen LogP contribution in [0, 0.1) is 11.8 Å². The van der Waals surface area contributed by atoms with E-state index in [-0.39, 0.29) is 18.3 Å². The molecule has 1 heterocycles. The van der Waals surface area contributed by atoms with Crippen LogP contribution in [0.3, 0.4) is 0 Å². The highest BCUT2D eigenvalue weighted by Crippen LogP contribution is 2.09. The number of nitrogens with zero attached hydrogens (tertiary/aromatic N) is 1. The highest BCUT2D eigenvalue weighted by atomic mass is 16.4. The average Bonchev–Trinajstić information content (AvgIpc) is 3.16. The Morgan fingerprint density at radius 2 is 1.61 bits per heavy atom. The average molecular weight is 439 g/mol. The first-order valence-corrected chi connectivity index (χ1v) is 10.3. The van der Waals surface area contributed by atoms with Gasteiger partial charge in [0.15, 0.2) is 0 Å². The molecule has 31 heavy (non-hydrogen) atoms. The van der Waals surface area contributed by atoms with Gasteiger partial charge >= 0.3 is 5.97 Å². The van der Waals surface area contributed by atoms with Crippen molar-refractivity contribution in [3.05, 3.63) is 18.2 Å². The number of aliphatic carboxylic acids is 1. The molecule has 0 fully saturated rings. The van der Waals surface area contributed by atoms with Gasteiger partial charge in [-0.25, -0.2) is 9.78 Å². The first-order chi connectivity index (χ1) is 14.4. The Morgan fingerprint density at radius 3 is 2.06 bits per heavy atom. The largest absolute Gasteiger partial charge is 0.480 e. The molecule has 0 bridgehead atoms. The summed E-state index contributed by atoms with van der Waals surface area (Å²) in [5, 5.41) is 17.2. The highest BCUT2D eigenvalue weighted by molar-refractivity contribution is 5.94. The number of hydrogen-bond acceptors (Lipinski definition) is 6. The quantitative estimate of drug-likeness (QED) is 0.255. The molecule has 11 heteroatoms. The molecule has 11 nitrogen and oxygen atoms in total. The molecule has 0 aliphatic rings. The maximum atomic E-state index is 12.9. The van der Waals surface area contributed by atoms with Crippen LogP contribution in [0.15, 0.2) is 12.5 Å². The summed E-state index contributed by atoms with van der Waals surface area (Å²) in [6, 6.07) is -3.84. The molecule has 4 unspecified atom stereocenters. The summed E-state index contributed by atoms with van der Waals surface area (Å²) >= 11 is 0. The monoisotopic (exact) mass is 438 g/mol. The van der Waals surface area contributed by atoms with Gasteiger partial charge in [0.1, 0.15) is 18.1 Å². The van der Waals surface area contributed by atoms with Crippen LogP contribution >= 0.6 is 0 Å². The van der Waals surface area contributed by atoms with Gasteiger partial charge in [0.2, 0.25) is 17.7 Å². The second kappa shape index (κ2) is 12.0. The van der Waals surface area contributed by atoms with Crippen molar-refractivity contribution in [3.8, 4) is 0 Å². The Kier molecular flexibility index (Phi) is 10.1. The van der Waals surface area contributed by atoms with Crippen LogP contribution in [0.5, 0.6) is 0 Å². The number of carboxylic acid groups (broad SMARTS) is 1.